The predicted octanol–water partition coefficient (Wildman–Crippen LogP) is 2.65. The van der Waals surface area contributed by atoms with E-state index in [4.69, 9.17) is 23.2 Å². The van der Waals surface area contributed by atoms with Gasteiger partial charge in [-0.3, -0.25) is 4.79 Å². The van der Waals surface area contributed by atoms with Crippen molar-refractivity contribution in [1.29, 1.82) is 0 Å². The lowest BCUT2D eigenvalue weighted by molar-refractivity contribution is -0.121. The van der Waals surface area contributed by atoms with Crippen molar-refractivity contribution in [1.82, 2.24) is 10.6 Å². The number of benzene rings is 1. The van der Waals surface area contributed by atoms with Gasteiger partial charge in [0.1, 0.15) is 0 Å². The molecule has 0 atom stereocenters. The van der Waals surface area contributed by atoms with Crippen LogP contribution in [0.3, 0.4) is 0 Å². The number of likely N-dealkylation sites (N-methyl/N-ethyl adjacent to an activating group) is 1. The summed E-state index contributed by atoms with van der Waals surface area (Å²) in [7, 11) is 0. The van der Waals surface area contributed by atoms with Gasteiger partial charge >= 0.3 is 0 Å². The number of aryl methyl sites for hydroxylation is 1. The van der Waals surface area contributed by atoms with Crippen LogP contribution in [0.4, 0.5) is 0 Å². The van der Waals surface area contributed by atoms with Crippen LogP contribution in [-0.2, 0) is 11.2 Å². The molecular formula is C13H18Cl2N2O. The van der Waals surface area contributed by atoms with Crippen molar-refractivity contribution >= 4 is 29.1 Å². The van der Waals surface area contributed by atoms with Gasteiger partial charge in [0.2, 0.25) is 5.91 Å². The summed E-state index contributed by atoms with van der Waals surface area (Å²) in [5.41, 5.74) is 0.947. The molecule has 18 heavy (non-hydrogen) atoms. The summed E-state index contributed by atoms with van der Waals surface area (Å²) in [6.07, 6.45) is 1.07. The highest BCUT2D eigenvalue weighted by atomic mass is 35.5. The third-order valence-electron chi connectivity index (χ3n) is 2.51. The van der Waals surface area contributed by atoms with Crippen molar-refractivity contribution in [2.45, 2.75) is 19.8 Å². The Labute approximate surface area is 118 Å². The summed E-state index contributed by atoms with van der Waals surface area (Å²) < 4.78 is 0. The molecule has 0 saturated carbocycles. The Hall–Kier alpha value is -0.770. The van der Waals surface area contributed by atoms with Gasteiger partial charge in [-0.15, -0.1) is 0 Å². The van der Waals surface area contributed by atoms with Crippen molar-refractivity contribution in [2.75, 3.05) is 19.6 Å². The van der Waals surface area contributed by atoms with Crippen LogP contribution in [-0.4, -0.2) is 25.5 Å². The van der Waals surface area contributed by atoms with Gasteiger partial charge in [0.05, 0.1) is 0 Å². The van der Waals surface area contributed by atoms with E-state index in [0.29, 0.717) is 29.4 Å². The molecule has 0 heterocycles. The van der Waals surface area contributed by atoms with E-state index < -0.39 is 0 Å². The fraction of sp³-hybridized carbons (Fsp3) is 0.462. The van der Waals surface area contributed by atoms with E-state index in [1.807, 2.05) is 13.0 Å². The van der Waals surface area contributed by atoms with Crippen molar-refractivity contribution in [2.24, 2.45) is 0 Å². The number of carbonyl (C=O) groups excluding carboxylic acids is 1. The van der Waals surface area contributed by atoms with E-state index in [9.17, 15) is 4.79 Å². The molecule has 1 rings (SSSR count). The molecule has 1 amide bonds. The maximum Gasteiger partial charge on any atom is 0.220 e. The lowest BCUT2D eigenvalue weighted by Gasteiger charge is -2.07. The molecular weight excluding hydrogens is 271 g/mol. The van der Waals surface area contributed by atoms with Crippen LogP contribution < -0.4 is 10.6 Å². The van der Waals surface area contributed by atoms with Crippen LogP contribution in [0.2, 0.25) is 10.0 Å². The molecule has 5 heteroatoms. The number of halogens is 2. The number of rotatable bonds is 7. The van der Waals surface area contributed by atoms with Gasteiger partial charge in [-0.25, -0.2) is 0 Å². The highest BCUT2D eigenvalue weighted by molar-refractivity contribution is 6.35. The molecule has 0 aliphatic heterocycles. The maximum absolute atomic E-state index is 11.5. The molecule has 0 aliphatic rings. The minimum atomic E-state index is 0.0407. The molecule has 0 saturated heterocycles. The normalized spacial score (nSPS) is 10.4. The van der Waals surface area contributed by atoms with E-state index in [2.05, 4.69) is 10.6 Å². The molecule has 0 unspecified atom stereocenters. The van der Waals surface area contributed by atoms with Crippen molar-refractivity contribution in [3.63, 3.8) is 0 Å². The monoisotopic (exact) mass is 288 g/mol. The zero-order chi connectivity index (χ0) is 13.4. The zero-order valence-electron chi connectivity index (χ0n) is 10.4. The lowest BCUT2D eigenvalue weighted by atomic mass is 10.1. The zero-order valence-corrected chi connectivity index (χ0v) is 11.9. The Bertz CT molecular complexity index is 397. The fourth-order valence-electron chi connectivity index (χ4n) is 1.53. The average Bonchev–Trinajstić information content (AvgIpc) is 2.33. The summed E-state index contributed by atoms with van der Waals surface area (Å²) >= 11 is 11.8. The molecule has 1 aromatic rings. The number of hydrogen-bond acceptors (Lipinski definition) is 2. The molecule has 0 bridgehead atoms. The predicted molar refractivity (Wildman–Crippen MR) is 76.3 cm³/mol. The number of nitrogens with one attached hydrogen (secondary N) is 2. The number of amides is 1. The van der Waals surface area contributed by atoms with Crippen molar-refractivity contribution in [3.05, 3.63) is 33.8 Å². The fourth-order valence-corrected chi connectivity index (χ4v) is 2.03. The average molecular weight is 289 g/mol. The summed E-state index contributed by atoms with van der Waals surface area (Å²) in [5, 5.41) is 7.21. The first kappa shape index (κ1) is 15.3. The quantitative estimate of drug-likeness (QED) is 0.758. The van der Waals surface area contributed by atoms with Crippen LogP contribution in [0.25, 0.3) is 0 Å². The van der Waals surface area contributed by atoms with Gasteiger partial charge in [-0.2, -0.15) is 0 Å². The van der Waals surface area contributed by atoms with Gasteiger partial charge in [-0.05, 0) is 30.7 Å². The molecule has 0 fully saturated rings. The number of carbonyl (C=O) groups is 1. The maximum atomic E-state index is 11.5. The highest BCUT2D eigenvalue weighted by Gasteiger charge is 2.05. The minimum absolute atomic E-state index is 0.0407. The number of hydrogen-bond donors (Lipinski definition) is 2. The second-order valence-corrected chi connectivity index (χ2v) is 4.78. The molecule has 100 valence electrons. The Balaban J connectivity index is 2.29. The van der Waals surface area contributed by atoms with Crippen LogP contribution in [0.15, 0.2) is 18.2 Å². The van der Waals surface area contributed by atoms with E-state index in [-0.39, 0.29) is 5.91 Å². The van der Waals surface area contributed by atoms with E-state index in [0.717, 1.165) is 18.7 Å². The molecule has 1 aromatic carbocycles. The van der Waals surface area contributed by atoms with Gasteiger partial charge in [0, 0.05) is 29.6 Å². The highest BCUT2D eigenvalue weighted by Crippen LogP contribution is 2.21. The van der Waals surface area contributed by atoms with Gasteiger partial charge in [0.25, 0.3) is 0 Å². The van der Waals surface area contributed by atoms with E-state index >= 15 is 0 Å². The lowest BCUT2D eigenvalue weighted by Crippen LogP contribution is -2.31. The smallest absolute Gasteiger partial charge is 0.220 e. The van der Waals surface area contributed by atoms with Crippen LogP contribution in [0.1, 0.15) is 18.9 Å². The van der Waals surface area contributed by atoms with Crippen LogP contribution in [0.5, 0.6) is 0 Å². The SMILES string of the molecule is CCNCCNC(=O)CCc1ccc(Cl)cc1Cl. The van der Waals surface area contributed by atoms with E-state index in [1.165, 1.54) is 0 Å². The first-order valence-electron chi connectivity index (χ1n) is 6.04. The minimum Gasteiger partial charge on any atom is -0.355 e. The second kappa shape index (κ2) is 8.35. The van der Waals surface area contributed by atoms with Crippen molar-refractivity contribution in [3.8, 4) is 0 Å². The summed E-state index contributed by atoms with van der Waals surface area (Å²) in [5.74, 6) is 0.0407. The summed E-state index contributed by atoms with van der Waals surface area (Å²) in [6, 6.07) is 5.34. The standard InChI is InChI=1S/C13H18Cl2N2O/c1-2-16-7-8-17-13(18)6-4-10-3-5-11(14)9-12(10)15/h3,5,9,16H,2,4,6-8H2,1H3,(H,17,18). The van der Waals surface area contributed by atoms with Crippen molar-refractivity contribution < 1.29 is 4.79 Å². The second-order valence-electron chi connectivity index (χ2n) is 3.94. The molecule has 0 aromatic heterocycles. The molecule has 0 radical (unpaired) electrons. The Morgan fingerprint density at radius 1 is 1.28 bits per heavy atom. The van der Waals surface area contributed by atoms with Gasteiger partial charge in [-0.1, -0.05) is 36.2 Å². The van der Waals surface area contributed by atoms with Gasteiger partial charge in [0.15, 0.2) is 0 Å². The third-order valence-corrected chi connectivity index (χ3v) is 3.10. The Morgan fingerprint density at radius 2 is 2.06 bits per heavy atom. The molecule has 0 aliphatic carbocycles. The summed E-state index contributed by atoms with van der Waals surface area (Å²) in [4.78, 5) is 11.5. The largest absolute Gasteiger partial charge is 0.355 e. The van der Waals surface area contributed by atoms with Gasteiger partial charge < -0.3 is 10.6 Å². The third kappa shape index (κ3) is 5.71. The first-order chi connectivity index (χ1) is 8.63. The molecule has 3 nitrogen and oxygen atoms in total. The Kier molecular flexibility index (Phi) is 7.09. The molecule has 2 N–H and O–H groups in total. The first-order valence-corrected chi connectivity index (χ1v) is 6.80. The summed E-state index contributed by atoms with van der Waals surface area (Å²) in [6.45, 7) is 4.39. The topological polar surface area (TPSA) is 41.1 Å². The van der Waals surface area contributed by atoms with Crippen LogP contribution >= 0.6 is 23.2 Å². The van der Waals surface area contributed by atoms with Crippen LogP contribution in [0, 0.1) is 0 Å². The molecule has 0 spiro atoms. The van der Waals surface area contributed by atoms with E-state index in [1.54, 1.807) is 12.1 Å². The Morgan fingerprint density at radius 3 is 2.72 bits per heavy atom.